The average Bonchev–Trinajstić information content (AvgIpc) is 3.34. The highest BCUT2D eigenvalue weighted by Gasteiger charge is 2.71. The second kappa shape index (κ2) is 9.52. The van der Waals surface area contributed by atoms with Gasteiger partial charge in [0.2, 0.25) is 5.91 Å². The molecule has 2 fully saturated rings. The smallest absolute Gasteiger partial charge is 0.330 e. The van der Waals surface area contributed by atoms with E-state index in [9.17, 15) is 14.7 Å². The number of nitrogens with one attached hydrogen (secondary N) is 2. The summed E-state index contributed by atoms with van der Waals surface area (Å²) in [5.41, 5.74) is 0.561. The van der Waals surface area contributed by atoms with Gasteiger partial charge < -0.3 is 25.2 Å². The lowest BCUT2D eigenvalue weighted by molar-refractivity contribution is -0.144. The Hall–Kier alpha value is -3.91. The summed E-state index contributed by atoms with van der Waals surface area (Å²) >= 11 is 0. The van der Waals surface area contributed by atoms with Crippen LogP contribution in [0.4, 0.5) is 0 Å². The lowest BCUT2D eigenvalue weighted by Crippen LogP contribution is -2.52. The van der Waals surface area contributed by atoms with Crippen molar-refractivity contribution in [3.8, 4) is 22.8 Å². The molecule has 0 radical (unpaired) electrons. The summed E-state index contributed by atoms with van der Waals surface area (Å²) < 4.78 is 11.8. The fourth-order valence-electron chi connectivity index (χ4n) is 5.38. The van der Waals surface area contributed by atoms with E-state index in [1.807, 2.05) is 61.5 Å². The minimum atomic E-state index is -1.30. The molecule has 2 heterocycles. The zero-order valence-corrected chi connectivity index (χ0v) is 21.0. The summed E-state index contributed by atoms with van der Waals surface area (Å²) in [5, 5.41) is 16.7. The molecule has 3 aromatic rings. The van der Waals surface area contributed by atoms with Gasteiger partial charge in [0.15, 0.2) is 0 Å². The summed E-state index contributed by atoms with van der Waals surface area (Å²) in [4.78, 5) is 30.0. The van der Waals surface area contributed by atoms with Gasteiger partial charge in [0.1, 0.15) is 23.1 Å². The van der Waals surface area contributed by atoms with Crippen LogP contribution in [0.25, 0.3) is 22.2 Å². The summed E-state index contributed by atoms with van der Waals surface area (Å²) in [6.07, 6.45) is 2.74. The Kier molecular flexibility index (Phi) is 6.37. The molecule has 2 aromatic carbocycles. The van der Waals surface area contributed by atoms with Crippen LogP contribution in [0.2, 0.25) is 0 Å². The highest BCUT2D eigenvalue weighted by molar-refractivity contribution is 5.94. The third-order valence-electron chi connectivity index (χ3n) is 7.78. The van der Waals surface area contributed by atoms with Crippen LogP contribution in [0.3, 0.4) is 0 Å². The quantitative estimate of drug-likeness (QED) is 0.381. The monoisotopic (exact) mass is 501 g/mol. The van der Waals surface area contributed by atoms with Gasteiger partial charge in [0, 0.05) is 41.5 Å². The molecule has 1 aromatic heterocycles. The van der Waals surface area contributed by atoms with Crippen LogP contribution in [0.1, 0.15) is 26.2 Å². The number of carboxylic acid groups (broad SMARTS) is 1. The molecule has 8 heteroatoms. The van der Waals surface area contributed by atoms with Crippen LogP contribution in [-0.4, -0.2) is 53.3 Å². The maximum Gasteiger partial charge on any atom is 0.330 e. The molecule has 1 aliphatic heterocycles. The zero-order valence-electron chi connectivity index (χ0n) is 21.0. The van der Waals surface area contributed by atoms with Crippen molar-refractivity contribution in [2.45, 2.75) is 43.9 Å². The van der Waals surface area contributed by atoms with E-state index in [4.69, 9.17) is 14.5 Å². The molecule has 1 saturated carbocycles. The predicted molar refractivity (Wildman–Crippen MR) is 141 cm³/mol. The Bertz CT molecular complexity index is 1360. The standard InChI is InChI=1S/C29H31N3O5/c1-4-28(5-2)17-29(28,27(34)35)32-26(33)24-14-20(16-30-24)37-25-15-22(18-9-7-6-8-10-18)31-23-13-19(36-3)11-12-21(23)25/h4,6-13,15,20,24,30H,1,5,14,16-17H2,2-3H3,(H,32,33)(H,34,35)/t20-,24+,28+,29+/m1/s1. The zero-order chi connectivity index (χ0) is 26.2. The van der Waals surface area contributed by atoms with Gasteiger partial charge in [0.05, 0.1) is 24.4 Å². The van der Waals surface area contributed by atoms with Crippen LogP contribution >= 0.6 is 0 Å². The first kappa shape index (κ1) is 24.8. The second-order valence-corrected chi connectivity index (χ2v) is 9.78. The lowest BCUT2D eigenvalue weighted by Gasteiger charge is -2.22. The molecule has 1 aliphatic carbocycles. The Labute approximate surface area is 215 Å². The predicted octanol–water partition coefficient (Wildman–Crippen LogP) is 3.95. The minimum Gasteiger partial charge on any atom is -0.497 e. The number of carbonyl (C=O) groups excluding carboxylic acids is 1. The van der Waals surface area contributed by atoms with Crippen molar-refractivity contribution < 1.29 is 24.2 Å². The van der Waals surface area contributed by atoms with Crippen molar-refractivity contribution in [2.24, 2.45) is 5.41 Å². The molecule has 1 saturated heterocycles. The number of benzene rings is 2. The third-order valence-corrected chi connectivity index (χ3v) is 7.78. The molecule has 8 nitrogen and oxygen atoms in total. The topological polar surface area (TPSA) is 110 Å². The van der Waals surface area contributed by atoms with E-state index in [0.29, 0.717) is 37.3 Å². The molecule has 5 rings (SSSR count). The van der Waals surface area contributed by atoms with Gasteiger partial charge in [0.25, 0.3) is 0 Å². The van der Waals surface area contributed by atoms with E-state index in [2.05, 4.69) is 17.2 Å². The number of amides is 1. The first-order chi connectivity index (χ1) is 17.8. The van der Waals surface area contributed by atoms with E-state index in [-0.39, 0.29) is 12.0 Å². The number of rotatable bonds is 9. The van der Waals surface area contributed by atoms with Crippen molar-refractivity contribution in [3.63, 3.8) is 0 Å². The van der Waals surface area contributed by atoms with Crippen LogP contribution in [0.5, 0.6) is 11.5 Å². The normalized spacial score (nSPS) is 26.4. The number of aliphatic carboxylic acids is 1. The minimum absolute atomic E-state index is 0.276. The molecular formula is C29H31N3O5. The molecule has 37 heavy (non-hydrogen) atoms. The van der Waals surface area contributed by atoms with Gasteiger partial charge in [-0.25, -0.2) is 9.78 Å². The van der Waals surface area contributed by atoms with Crippen LogP contribution in [0.15, 0.2) is 67.3 Å². The van der Waals surface area contributed by atoms with E-state index in [1.54, 1.807) is 13.2 Å². The Morgan fingerprint density at radius 3 is 2.68 bits per heavy atom. The number of carbonyl (C=O) groups is 2. The number of methoxy groups -OCH3 is 1. The SMILES string of the molecule is C=C[C@]1(CC)C[C@]1(NC(=O)[C@@H]1C[C@@H](Oc2cc(-c3ccccc3)nc3cc(OC)ccc23)CN1)C(=O)O. The van der Waals surface area contributed by atoms with Gasteiger partial charge in [-0.3, -0.25) is 4.79 Å². The van der Waals surface area contributed by atoms with Crippen molar-refractivity contribution in [1.82, 2.24) is 15.6 Å². The van der Waals surface area contributed by atoms with Gasteiger partial charge in [-0.05, 0) is 25.0 Å². The summed E-state index contributed by atoms with van der Waals surface area (Å²) in [5.74, 6) is 0.00580. The molecule has 2 aliphatic rings. The average molecular weight is 502 g/mol. The Morgan fingerprint density at radius 2 is 2.03 bits per heavy atom. The summed E-state index contributed by atoms with van der Waals surface area (Å²) in [6.45, 7) is 6.18. The maximum absolute atomic E-state index is 13.1. The molecule has 0 bridgehead atoms. The molecule has 3 N–H and O–H groups in total. The third kappa shape index (κ3) is 4.31. The molecule has 0 spiro atoms. The first-order valence-corrected chi connectivity index (χ1v) is 12.5. The maximum atomic E-state index is 13.1. The van der Waals surface area contributed by atoms with Crippen LogP contribution < -0.4 is 20.1 Å². The second-order valence-electron chi connectivity index (χ2n) is 9.78. The van der Waals surface area contributed by atoms with E-state index in [1.165, 1.54) is 0 Å². The van der Waals surface area contributed by atoms with Crippen molar-refractivity contribution in [2.75, 3.05) is 13.7 Å². The molecule has 1 amide bonds. The fraction of sp³-hybridized carbons (Fsp3) is 0.345. The molecule has 0 unspecified atom stereocenters. The first-order valence-electron chi connectivity index (χ1n) is 12.5. The number of fused-ring (bicyclic) bond motifs is 1. The van der Waals surface area contributed by atoms with Crippen molar-refractivity contribution in [1.29, 1.82) is 0 Å². The fourth-order valence-corrected chi connectivity index (χ4v) is 5.38. The Balaban J connectivity index is 1.36. The Morgan fingerprint density at radius 1 is 1.24 bits per heavy atom. The van der Waals surface area contributed by atoms with Crippen LogP contribution in [-0.2, 0) is 9.59 Å². The van der Waals surface area contributed by atoms with Gasteiger partial charge in [-0.2, -0.15) is 0 Å². The molecular weight excluding hydrogens is 470 g/mol. The van der Waals surface area contributed by atoms with E-state index < -0.39 is 23.0 Å². The number of hydrogen-bond donors (Lipinski definition) is 3. The lowest BCUT2D eigenvalue weighted by atomic mass is 9.96. The van der Waals surface area contributed by atoms with E-state index >= 15 is 0 Å². The number of nitrogens with zero attached hydrogens (tertiary/aromatic N) is 1. The highest BCUT2D eigenvalue weighted by atomic mass is 16.5. The van der Waals surface area contributed by atoms with Crippen LogP contribution in [0, 0.1) is 5.41 Å². The van der Waals surface area contributed by atoms with Crippen molar-refractivity contribution in [3.05, 3.63) is 67.3 Å². The summed E-state index contributed by atoms with van der Waals surface area (Å²) in [7, 11) is 1.62. The molecule has 192 valence electrons. The molecule has 4 atom stereocenters. The number of aromatic nitrogens is 1. The van der Waals surface area contributed by atoms with E-state index in [0.717, 1.165) is 22.2 Å². The number of ether oxygens (including phenoxy) is 2. The summed E-state index contributed by atoms with van der Waals surface area (Å²) in [6, 6.07) is 16.9. The van der Waals surface area contributed by atoms with Gasteiger partial charge >= 0.3 is 5.97 Å². The van der Waals surface area contributed by atoms with Gasteiger partial charge in [-0.15, -0.1) is 6.58 Å². The largest absolute Gasteiger partial charge is 0.497 e. The number of pyridine rings is 1. The highest BCUT2D eigenvalue weighted by Crippen LogP contribution is 2.59. The van der Waals surface area contributed by atoms with Crippen molar-refractivity contribution >= 4 is 22.8 Å². The van der Waals surface area contributed by atoms with Gasteiger partial charge in [-0.1, -0.05) is 43.3 Å². The number of carboxylic acids is 1. The number of hydrogen-bond acceptors (Lipinski definition) is 6.